The van der Waals surface area contributed by atoms with E-state index in [9.17, 15) is 14.4 Å². The van der Waals surface area contributed by atoms with E-state index in [1.165, 1.54) is 173 Å². The van der Waals surface area contributed by atoms with E-state index in [1.54, 1.807) is 0 Å². The summed E-state index contributed by atoms with van der Waals surface area (Å²) in [5.41, 5.74) is 0. The van der Waals surface area contributed by atoms with Crippen molar-refractivity contribution in [1.82, 2.24) is 0 Å². The second kappa shape index (κ2) is 62.4. The van der Waals surface area contributed by atoms with Gasteiger partial charge in [-0.1, -0.05) is 286 Å². The van der Waals surface area contributed by atoms with Gasteiger partial charge >= 0.3 is 17.9 Å². The standard InChI is InChI=1S/C68H120O6/c1-4-7-10-13-16-19-22-25-27-29-31-33-35-36-38-40-43-46-49-52-55-58-61-67(70)73-64-65(63-72-66(69)60-57-54-51-48-45-42-24-21-18-15-12-9-6-3)74-68(71)62-59-56-53-50-47-44-41-39-37-34-32-30-28-26-23-20-17-14-11-8-5-2/h9,12,18,21,23,26,30,32,37,39,42,45,65H,4-8,10-11,13-17,19-20,22,24-25,27-29,31,33-36,38,40-41,43-44,46-64H2,1-3H3/b12-9-,21-18-,26-23-,32-30-,39-37-,45-42-. The van der Waals surface area contributed by atoms with Crippen molar-refractivity contribution in [2.24, 2.45) is 0 Å². The zero-order chi connectivity index (χ0) is 53.6. The Balaban J connectivity index is 4.34. The molecular weight excluding hydrogens is 913 g/mol. The molecule has 0 aliphatic rings. The molecule has 0 N–H and O–H groups in total. The van der Waals surface area contributed by atoms with E-state index in [4.69, 9.17) is 14.2 Å². The number of esters is 3. The molecule has 0 saturated carbocycles. The van der Waals surface area contributed by atoms with Gasteiger partial charge in [0, 0.05) is 19.3 Å². The van der Waals surface area contributed by atoms with Crippen LogP contribution < -0.4 is 0 Å². The predicted molar refractivity (Wildman–Crippen MR) is 321 cm³/mol. The van der Waals surface area contributed by atoms with Gasteiger partial charge in [0.05, 0.1) is 0 Å². The van der Waals surface area contributed by atoms with E-state index in [0.717, 1.165) is 109 Å². The number of rotatable bonds is 58. The third kappa shape index (κ3) is 59.7. The highest BCUT2D eigenvalue weighted by molar-refractivity contribution is 5.71. The molecule has 1 unspecified atom stereocenters. The van der Waals surface area contributed by atoms with Crippen LogP contribution in [-0.4, -0.2) is 37.2 Å². The molecule has 0 aromatic carbocycles. The molecule has 0 aromatic heterocycles. The molecular formula is C68H120O6. The lowest BCUT2D eigenvalue weighted by Gasteiger charge is -2.18. The number of ether oxygens (including phenoxy) is 3. The quantitative estimate of drug-likeness (QED) is 0.0261. The van der Waals surface area contributed by atoms with Crippen LogP contribution in [0.2, 0.25) is 0 Å². The molecule has 0 saturated heterocycles. The highest BCUT2D eigenvalue weighted by Gasteiger charge is 2.19. The minimum absolute atomic E-state index is 0.0878. The number of hydrogen-bond acceptors (Lipinski definition) is 6. The van der Waals surface area contributed by atoms with Crippen LogP contribution in [0.25, 0.3) is 0 Å². The van der Waals surface area contributed by atoms with Gasteiger partial charge in [-0.15, -0.1) is 0 Å². The van der Waals surface area contributed by atoms with Gasteiger partial charge in [-0.05, 0) is 89.9 Å². The molecule has 6 nitrogen and oxygen atoms in total. The summed E-state index contributed by atoms with van der Waals surface area (Å²) in [5.74, 6) is -0.917. The molecule has 74 heavy (non-hydrogen) atoms. The number of unbranched alkanes of at least 4 members (excludes halogenated alkanes) is 35. The van der Waals surface area contributed by atoms with Crippen LogP contribution in [0.3, 0.4) is 0 Å². The van der Waals surface area contributed by atoms with Gasteiger partial charge in [0.25, 0.3) is 0 Å². The van der Waals surface area contributed by atoms with Crippen LogP contribution in [-0.2, 0) is 28.6 Å². The van der Waals surface area contributed by atoms with E-state index in [0.29, 0.717) is 19.3 Å². The van der Waals surface area contributed by atoms with Gasteiger partial charge in [-0.25, -0.2) is 0 Å². The maximum atomic E-state index is 12.9. The van der Waals surface area contributed by atoms with E-state index in [2.05, 4.69) is 93.7 Å². The zero-order valence-corrected chi connectivity index (χ0v) is 49.1. The minimum Gasteiger partial charge on any atom is -0.462 e. The summed E-state index contributed by atoms with van der Waals surface area (Å²) in [4.78, 5) is 38.3. The fraction of sp³-hybridized carbons (Fsp3) is 0.779. The molecule has 0 aromatic rings. The van der Waals surface area contributed by atoms with E-state index < -0.39 is 6.10 Å². The minimum atomic E-state index is -0.794. The summed E-state index contributed by atoms with van der Waals surface area (Å²) in [7, 11) is 0. The van der Waals surface area contributed by atoms with Crippen LogP contribution in [0, 0.1) is 0 Å². The van der Waals surface area contributed by atoms with Crippen LogP contribution in [0.1, 0.15) is 323 Å². The van der Waals surface area contributed by atoms with Crippen LogP contribution >= 0.6 is 0 Å². The summed E-state index contributed by atoms with van der Waals surface area (Å²) < 4.78 is 16.9. The van der Waals surface area contributed by atoms with Crippen molar-refractivity contribution in [3.8, 4) is 0 Å². The first-order chi connectivity index (χ1) is 36.5. The Hall–Kier alpha value is -3.15. The Kier molecular flexibility index (Phi) is 59.7. The molecule has 0 radical (unpaired) electrons. The molecule has 0 fully saturated rings. The van der Waals surface area contributed by atoms with Crippen molar-refractivity contribution in [2.45, 2.75) is 329 Å². The maximum Gasteiger partial charge on any atom is 0.306 e. The van der Waals surface area contributed by atoms with Crippen molar-refractivity contribution >= 4 is 17.9 Å². The Labute approximate surface area is 459 Å². The molecule has 0 rings (SSSR count). The average Bonchev–Trinajstić information content (AvgIpc) is 3.40. The summed E-state index contributed by atoms with van der Waals surface area (Å²) in [5, 5.41) is 0. The normalized spacial score (nSPS) is 12.5. The summed E-state index contributed by atoms with van der Waals surface area (Å²) in [6, 6.07) is 0. The van der Waals surface area contributed by atoms with E-state index in [1.807, 2.05) is 0 Å². The summed E-state index contributed by atoms with van der Waals surface area (Å²) in [6.07, 6.45) is 80.6. The third-order valence-corrected chi connectivity index (χ3v) is 13.9. The molecule has 0 aliphatic heterocycles. The summed E-state index contributed by atoms with van der Waals surface area (Å²) >= 11 is 0. The lowest BCUT2D eigenvalue weighted by atomic mass is 10.0. The highest BCUT2D eigenvalue weighted by Crippen LogP contribution is 2.17. The van der Waals surface area contributed by atoms with Gasteiger partial charge in [0.1, 0.15) is 13.2 Å². The monoisotopic (exact) mass is 1030 g/mol. The number of hydrogen-bond donors (Lipinski definition) is 0. The highest BCUT2D eigenvalue weighted by atomic mass is 16.6. The van der Waals surface area contributed by atoms with Crippen molar-refractivity contribution in [3.05, 3.63) is 72.9 Å². The van der Waals surface area contributed by atoms with Crippen molar-refractivity contribution in [1.29, 1.82) is 0 Å². The molecule has 6 heteroatoms. The van der Waals surface area contributed by atoms with Gasteiger partial charge in [0.2, 0.25) is 0 Å². The first kappa shape index (κ1) is 70.8. The Morgan fingerprint density at radius 2 is 0.527 bits per heavy atom. The maximum absolute atomic E-state index is 12.9. The molecule has 0 aliphatic carbocycles. The van der Waals surface area contributed by atoms with Crippen LogP contribution in [0.5, 0.6) is 0 Å². The third-order valence-electron chi connectivity index (χ3n) is 13.9. The Morgan fingerprint density at radius 3 is 0.838 bits per heavy atom. The van der Waals surface area contributed by atoms with Crippen LogP contribution in [0.15, 0.2) is 72.9 Å². The first-order valence-electron chi connectivity index (χ1n) is 31.9. The average molecular weight is 1030 g/mol. The van der Waals surface area contributed by atoms with Gasteiger partial charge in [0.15, 0.2) is 6.10 Å². The fourth-order valence-electron chi connectivity index (χ4n) is 9.17. The summed E-state index contributed by atoms with van der Waals surface area (Å²) in [6.45, 7) is 6.52. The number of carbonyl (C=O) groups excluding carboxylic acids is 3. The molecule has 0 bridgehead atoms. The molecule has 0 spiro atoms. The van der Waals surface area contributed by atoms with Crippen molar-refractivity contribution < 1.29 is 28.6 Å². The van der Waals surface area contributed by atoms with E-state index in [-0.39, 0.29) is 31.1 Å². The first-order valence-corrected chi connectivity index (χ1v) is 31.9. The molecule has 0 heterocycles. The van der Waals surface area contributed by atoms with Crippen LogP contribution in [0.4, 0.5) is 0 Å². The van der Waals surface area contributed by atoms with Crippen molar-refractivity contribution in [3.63, 3.8) is 0 Å². The lowest BCUT2D eigenvalue weighted by molar-refractivity contribution is -0.167. The van der Waals surface area contributed by atoms with Gasteiger partial charge in [-0.2, -0.15) is 0 Å². The largest absolute Gasteiger partial charge is 0.462 e. The van der Waals surface area contributed by atoms with E-state index >= 15 is 0 Å². The second-order valence-corrected chi connectivity index (χ2v) is 21.3. The Morgan fingerprint density at radius 1 is 0.284 bits per heavy atom. The topological polar surface area (TPSA) is 78.9 Å². The smallest absolute Gasteiger partial charge is 0.306 e. The van der Waals surface area contributed by atoms with Gasteiger partial charge in [-0.3, -0.25) is 14.4 Å². The SMILES string of the molecule is CC/C=C\C/C=C\C/C=C\CCCCCC(=O)OCC(COC(=O)CCCCCCCCCCCCCCCCCCCCCCCC)OC(=O)CCCCCCCC/C=C\C/C=C\C/C=C\CCCCCCC. The molecule has 1 atom stereocenters. The molecule has 0 amide bonds. The number of allylic oxidation sites excluding steroid dienone is 12. The predicted octanol–water partition coefficient (Wildman–Crippen LogP) is 21.7. The molecule has 428 valence electrons. The second-order valence-electron chi connectivity index (χ2n) is 21.3. The lowest BCUT2D eigenvalue weighted by Crippen LogP contribution is -2.30. The van der Waals surface area contributed by atoms with Gasteiger partial charge < -0.3 is 14.2 Å². The Bertz CT molecular complexity index is 1370. The number of carbonyl (C=O) groups is 3. The van der Waals surface area contributed by atoms with Crippen molar-refractivity contribution in [2.75, 3.05) is 13.2 Å². The fourth-order valence-corrected chi connectivity index (χ4v) is 9.17. The zero-order valence-electron chi connectivity index (χ0n) is 49.1.